The molecule has 0 spiro atoms. The van der Waals surface area contributed by atoms with Crippen LogP contribution in [0, 0.1) is 5.41 Å². The van der Waals surface area contributed by atoms with Gasteiger partial charge in [0.05, 0.1) is 10.2 Å². The van der Waals surface area contributed by atoms with Crippen LogP contribution in [-0.4, -0.2) is 14.8 Å². The first-order valence-electron chi connectivity index (χ1n) is 5.31. The third-order valence-electron chi connectivity index (χ3n) is 2.23. The molecular formula is C11H15BrN4S. The second kappa shape index (κ2) is 4.42. The van der Waals surface area contributed by atoms with Crippen LogP contribution in [0.1, 0.15) is 26.5 Å². The summed E-state index contributed by atoms with van der Waals surface area (Å²) in [5.41, 5.74) is 7.19. The SMILES string of the molecule is CC(C)(C)Cc1nn(-c2nccs2)c(N)c1Br. The van der Waals surface area contributed by atoms with E-state index in [2.05, 4.69) is 46.8 Å². The number of halogens is 1. The lowest BCUT2D eigenvalue weighted by atomic mass is 9.91. The molecule has 0 saturated carbocycles. The second-order valence-electron chi connectivity index (χ2n) is 5.11. The van der Waals surface area contributed by atoms with Crippen molar-refractivity contribution in [1.29, 1.82) is 0 Å². The fourth-order valence-corrected chi connectivity index (χ4v) is 2.53. The fourth-order valence-electron chi connectivity index (χ4n) is 1.54. The Bertz CT molecular complexity index is 510. The molecule has 0 aliphatic carbocycles. The van der Waals surface area contributed by atoms with Crippen LogP contribution >= 0.6 is 27.3 Å². The van der Waals surface area contributed by atoms with Crippen molar-refractivity contribution in [3.05, 3.63) is 21.7 Å². The summed E-state index contributed by atoms with van der Waals surface area (Å²) in [6.45, 7) is 6.54. The molecule has 0 atom stereocenters. The van der Waals surface area contributed by atoms with Crippen molar-refractivity contribution in [3.63, 3.8) is 0 Å². The molecule has 2 aromatic heterocycles. The van der Waals surface area contributed by atoms with Gasteiger partial charge in [0.1, 0.15) is 5.82 Å². The van der Waals surface area contributed by atoms with Crippen molar-refractivity contribution in [2.75, 3.05) is 5.73 Å². The molecule has 0 aliphatic heterocycles. The van der Waals surface area contributed by atoms with Crippen molar-refractivity contribution in [2.45, 2.75) is 27.2 Å². The molecule has 17 heavy (non-hydrogen) atoms. The molecule has 0 fully saturated rings. The number of nitrogen functional groups attached to an aromatic ring is 1. The van der Waals surface area contributed by atoms with Crippen LogP contribution in [0.5, 0.6) is 0 Å². The molecule has 0 aromatic carbocycles. The van der Waals surface area contributed by atoms with Crippen molar-refractivity contribution in [3.8, 4) is 5.13 Å². The Morgan fingerprint density at radius 2 is 2.18 bits per heavy atom. The number of aromatic nitrogens is 3. The minimum Gasteiger partial charge on any atom is -0.383 e. The van der Waals surface area contributed by atoms with Gasteiger partial charge in [0.15, 0.2) is 0 Å². The van der Waals surface area contributed by atoms with E-state index in [9.17, 15) is 0 Å². The quantitative estimate of drug-likeness (QED) is 0.925. The Balaban J connectivity index is 2.41. The van der Waals surface area contributed by atoms with Crippen molar-refractivity contribution in [1.82, 2.24) is 14.8 Å². The summed E-state index contributed by atoms with van der Waals surface area (Å²) in [7, 11) is 0. The third kappa shape index (κ3) is 2.69. The van der Waals surface area contributed by atoms with Gasteiger partial charge in [-0.3, -0.25) is 0 Å². The molecular weight excluding hydrogens is 300 g/mol. The van der Waals surface area contributed by atoms with E-state index in [-0.39, 0.29) is 5.41 Å². The van der Waals surface area contributed by atoms with E-state index in [0.717, 1.165) is 21.7 Å². The van der Waals surface area contributed by atoms with Gasteiger partial charge in [-0.1, -0.05) is 20.8 Å². The van der Waals surface area contributed by atoms with Crippen LogP contribution in [0.25, 0.3) is 5.13 Å². The van der Waals surface area contributed by atoms with Gasteiger partial charge in [-0.05, 0) is 27.8 Å². The highest BCUT2D eigenvalue weighted by atomic mass is 79.9. The van der Waals surface area contributed by atoms with Crippen molar-refractivity contribution < 1.29 is 0 Å². The molecule has 2 aromatic rings. The number of thiazole rings is 1. The molecule has 0 unspecified atom stereocenters. The molecule has 2 N–H and O–H groups in total. The van der Waals surface area contributed by atoms with E-state index < -0.39 is 0 Å². The van der Waals surface area contributed by atoms with Gasteiger partial charge in [-0.25, -0.2) is 4.98 Å². The smallest absolute Gasteiger partial charge is 0.212 e. The zero-order valence-corrected chi connectivity index (χ0v) is 12.5. The maximum atomic E-state index is 6.03. The van der Waals surface area contributed by atoms with E-state index in [1.54, 1.807) is 10.9 Å². The molecule has 2 rings (SSSR count). The van der Waals surface area contributed by atoms with Crippen LogP contribution in [0.4, 0.5) is 5.82 Å². The lowest BCUT2D eigenvalue weighted by molar-refractivity contribution is 0.404. The summed E-state index contributed by atoms with van der Waals surface area (Å²) < 4.78 is 2.57. The Kier molecular flexibility index (Phi) is 3.27. The highest BCUT2D eigenvalue weighted by molar-refractivity contribution is 9.10. The van der Waals surface area contributed by atoms with E-state index in [0.29, 0.717) is 5.82 Å². The predicted molar refractivity (Wildman–Crippen MR) is 74.5 cm³/mol. The number of hydrogen-bond donors (Lipinski definition) is 1. The topological polar surface area (TPSA) is 56.7 Å². The first-order chi connectivity index (χ1) is 7.88. The molecule has 0 saturated heterocycles. The van der Waals surface area contributed by atoms with Gasteiger partial charge in [0.2, 0.25) is 5.13 Å². The summed E-state index contributed by atoms with van der Waals surface area (Å²) in [4.78, 5) is 4.22. The first-order valence-corrected chi connectivity index (χ1v) is 6.98. The normalized spacial score (nSPS) is 12.0. The van der Waals surface area contributed by atoms with Crippen molar-refractivity contribution >= 4 is 33.1 Å². The van der Waals surface area contributed by atoms with Gasteiger partial charge in [0.25, 0.3) is 0 Å². The maximum absolute atomic E-state index is 6.03. The molecule has 0 aliphatic rings. The molecule has 0 amide bonds. The van der Waals surface area contributed by atoms with Crippen LogP contribution in [-0.2, 0) is 6.42 Å². The molecule has 0 bridgehead atoms. The zero-order valence-electron chi connectivity index (χ0n) is 10.1. The average Bonchev–Trinajstić information content (AvgIpc) is 2.80. The Labute approximate surface area is 113 Å². The monoisotopic (exact) mass is 314 g/mol. The van der Waals surface area contributed by atoms with Gasteiger partial charge < -0.3 is 5.73 Å². The summed E-state index contributed by atoms with van der Waals surface area (Å²) in [6, 6.07) is 0. The minimum absolute atomic E-state index is 0.178. The standard InChI is InChI=1S/C11H15BrN4S/c1-11(2,3)6-7-8(12)9(13)16(15-7)10-14-4-5-17-10/h4-5H,6,13H2,1-3H3. The van der Waals surface area contributed by atoms with E-state index in [1.165, 1.54) is 11.3 Å². The minimum atomic E-state index is 0.178. The van der Waals surface area contributed by atoms with Crippen molar-refractivity contribution in [2.24, 2.45) is 5.41 Å². The highest BCUT2D eigenvalue weighted by Gasteiger charge is 2.20. The van der Waals surface area contributed by atoms with Gasteiger partial charge >= 0.3 is 0 Å². The molecule has 0 radical (unpaired) electrons. The number of nitrogens with two attached hydrogens (primary N) is 1. The van der Waals surface area contributed by atoms with E-state index in [4.69, 9.17) is 5.73 Å². The van der Waals surface area contributed by atoms with E-state index in [1.807, 2.05) is 5.38 Å². The van der Waals surface area contributed by atoms with Crippen LogP contribution < -0.4 is 5.73 Å². The van der Waals surface area contributed by atoms with Crippen LogP contribution in [0.2, 0.25) is 0 Å². The molecule has 2 heterocycles. The number of nitrogens with zero attached hydrogens (tertiary/aromatic N) is 3. The lowest BCUT2D eigenvalue weighted by Gasteiger charge is -2.16. The average molecular weight is 315 g/mol. The van der Waals surface area contributed by atoms with Crippen LogP contribution in [0.15, 0.2) is 16.0 Å². The zero-order chi connectivity index (χ0) is 12.6. The highest BCUT2D eigenvalue weighted by Crippen LogP contribution is 2.31. The summed E-state index contributed by atoms with van der Waals surface area (Å²) >= 11 is 5.03. The number of hydrogen-bond acceptors (Lipinski definition) is 4. The largest absolute Gasteiger partial charge is 0.383 e. The van der Waals surface area contributed by atoms with E-state index >= 15 is 0 Å². The summed E-state index contributed by atoms with van der Waals surface area (Å²) in [5, 5.41) is 7.24. The predicted octanol–water partition coefficient (Wildman–Crippen LogP) is 3.26. The molecule has 4 nitrogen and oxygen atoms in total. The number of anilines is 1. The van der Waals surface area contributed by atoms with Gasteiger partial charge in [-0.15, -0.1) is 11.3 Å². The van der Waals surface area contributed by atoms with Gasteiger partial charge in [0, 0.05) is 11.6 Å². The Morgan fingerprint density at radius 3 is 2.71 bits per heavy atom. The molecule has 6 heteroatoms. The summed E-state index contributed by atoms with van der Waals surface area (Å²) in [6.07, 6.45) is 2.62. The fraction of sp³-hybridized carbons (Fsp3) is 0.455. The van der Waals surface area contributed by atoms with Gasteiger partial charge in [-0.2, -0.15) is 9.78 Å². The number of rotatable bonds is 2. The van der Waals surface area contributed by atoms with Crippen LogP contribution in [0.3, 0.4) is 0 Å². The Hall–Kier alpha value is -0.880. The second-order valence-corrected chi connectivity index (χ2v) is 6.78. The lowest BCUT2D eigenvalue weighted by Crippen LogP contribution is -2.10. The first kappa shape index (κ1) is 12.6. The summed E-state index contributed by atoms with van der Waals surface area (Å²) in [5.74, 6) is 0.610. The Morgan fingerprint density at radius 1 is 1.47 bits per heavy atom. The third-order valence-corrected chi connectivity index (χ3v) is 3.84. The molecule has 92 valence electrons. The maximum Gasteiger partial charge on any atom is 0.212 e.